The highest BCUT2D eigenvalue weighted by molar-refractivity contribution is 5.68. The summed E-state index contributed by atoms with van der Waals surface area (Å²) in [4.78, 5) is 0. The third-order valence-corrected chi connectivity index (χ3v) is 2.33. The van der Waals surface area contributed by atoms with Crippen LogP contribution in [-0.2, 0) is 11.3 Å². The molecule has 13 heavy (non-hydrogen) atoms. The van der Waals surface area contributed by atoms with Crippen LogP contribution in [0.2, 0.25) is 0 Å². The molecule has 0 N–H and O–H groups in total. The number of ether oxygens (including phenoxy) is 1. The van der Waals surface area contributed by atoms with Crippen LogP contribution < -0.4 is 0 Å². The lowest BCUT2D eigenvalue weighted by atomic mass is 10.2. The Morgan fingerprint density at radius 1 is 1.31 bits per heavy atom. The first kappa shape index (κ1) is 8.30. The van der Waals surface area contributed by atoms with Crippen LogP contribution in [-0.4, -0.2) is 23.6 Å². The maximum Gasteiger partial charge on any atom is 0.333 e. The second kappa shape index (κ2) is 3.60. The highest BCUT2D eigenvalue weighted by Crippen LogP contribution is 2.04. The van der Waals surface area contributed by atoms with Crippen molar-refractivity contribution in [2.45, 2.75) is 13.5 Å². The van der Waals surface area contributed by atoms with E-state index in [4.69, 9.17) is 4.74 Å². The first-order chi connectivity index (χ1) is 6.36. The van der Waals surface area contributed by atoms with Gasteiger partial charge in [0.05, 0.1) is 6.92 Å². The molecule has 1 aromatic carbocycles. The topological polar surface area (TPSA) is 12.2 Å². The minimum absolute atomic E-state index is 0.832. The molecule has 2 nitrogen and oxygen atoms in total. The first-order valence-corrected chi connectivity index (χ1v) is 4.61. The zero-order valence-electron chi connectivity index (χ0n) is 7.86. The molecule has 0 fully saturated rings. The molecule has 1 aliphatic heterocycles. The van der Waals surface area contributed by atoms with Crippen molar-refractivity contribution in [1.29, 1.82) is 0 Å². The van der Waals surface area contributed by atoms with Gasteiger partial charge in [-0.05, 0) is 0 Å². The summed E-state index contributed by atoms with van der Waals surface area (Å²) >= 11 is 0. The Labute approximate surface area is 78.5 Å². The summed E-state index contributed by atoms with van der Waals surface area (Å²) < 4.78 is 7.64. The molecule has 2 rings (SSSR count). The molecular weight excluding hydrogens is 162 g/mol. The maximum atomic E-state index is 5.38. The van der Waals surface area contributed by atoms with E-state index in [2.05, 4.69) is 28.8 Å². The fourth-order valence-electron chi connectivity index (χ4n) is 1.55. The largest absolute Gasteiger partial charge is 0.442 e. The minimum Gasteiger partial charge on any atom is -0.442 e. The average molecular weight is 176 g/mol. The Kier molecular flexibility index (Phi) is 2.30. The van der Waals surface area contributed by atoms with Crippen molar-refractivity contribution >= 4 is 5.90 Å². The Hall–Kier alpha value is -1.31. The molecule has 0 radical (unpaired) electrons. The molecule has 1 aromatic rings. The Morgan fingerprint density at radius 2 is 2.08 bits per heavy atom. The van der Waals surface area contributed by atoms with Gasteiger partial charge in [0.1, 0.15) is 0 Å². The molecule has 0 bridgehead atoms. The zero-order chi connectivity index (χ0) is 9.10. The molecule has 0 saturated heterocycles. The second-order valence-corrected chi connectivity index (χ2v) is 3.27. The summed E-state index contributed by atoms with van der Waals surface area (Å²) in [6.45, 7) is 4.84. The van der Waals surface area contributed by atoms with Gasteiger partial charge in [-0.25, -0.2) is 0 Å². The van der Waals surface area contributed by atoms with Crippen molar-refractivity contribution in [2.75, 3.05) is 13.2 Å². The van der Waals surface area contributed by atoms with Crippen molar-refractivity contribution < 1.29 is 9.31 Å². The number of rotatable bonds is 2. The van der Waals surface area contributed by atoms with E-state index in [0.717, 1.165) is 25.6 Å². The monoisotopic (exact) mass is 176 g/mol. The van der Waals surface area contributed by atoms with Gasteiger partial charge >= 0.3 is 5.90 Å². The van der Waals surface area contributed by atoms with E-state index < -0.39 is 0 Å². The molecule has 0 aliphatic carbocycles. The van der Waals surface area contributed by atoms with Crippen molar-refractivity contribution in [1.82, 2.24) is 0 Å². The van der Waals surface area contributed by atoms with E-state index in [1.807, 2.05) is 13.0 Å². The third kappa shape index (κ3) is 1.89. The van der Waals surface area contributed by atoms with Crippen molar-refractivity contribution in [3.05, 3.63) is 35.9 Å². The Morgan fingerprint density at radius 3 is 2.69 bits per heavy atom. The van der Waals surface area contributed by atoms with E-state index in [1.54, 1.807) is 0 Å². The van der Waals surface area contributed by atoms with E-state index in [0.29, 0.717) is 0 Å². The second-order valence-electron chi connectivity index (χ2n) is 3.27. The van der Waals surface area contributed by atoms with Crippen LogP contribution in [0.3, 0.4) is 0 Å². The Bertz CT molecular complexity index is 316. The van der Waals surface area contributed by atoms with E-state index in [-0.39, 0.29) is 0 Å². The van der Waals surface area contributed by atoms with Gasteiger partial charge < -0.3 is 4.74 Å². The fourth-order valence-corrected chi connectivity index (χ4v) is 1.55. The number of nitrogens with zero attached hydrogens (tertiary/aromatic N) is 1. The van der Waals surface area contributed by atoms with Gasteiger partial charge in [-0.3, -0.25) is 0 Å². The van der Waals surface area contributed by atoms with Gasteiger partial charge in [-0.2, -0.15) is 4.58 Å². The summed E-state index contributed by atoms with van der Waals surface area (Å²) in [5.41, 5.74) is 1.34. The van der Waals surface area contributed by atoms with E-state index in [9.17, 15) is 0 Å². The molecule has 0 spiro atoms. The highest BCUT2D eigenvalue weighted by Gasteiger charge is 2.18. The van der Waals surface area contributed by atoms with Crippen LogP contribution in [0.4, 0.5) is 0 Å². The third-order valence-electron chi connectivity index (χ3n) is 2.33. The lowest BCUT2D eigenvalue weighted by molar-refractivity contribution is -0.535. The molecule has 0 aromatic heterocycles. The van der Waals surface area contributed by atoms with Crippen LogP contribution in [0.5, 0.6) is 0 Å². The van der Waals surface area contributed by atoms with E-state index in [1.165, 1.54) is 5.56 Å². The molecule has 0 unspecified atom stereocenters. The van der Waals surface area contributed by atoms with Crippen LogP contribution in [0.15, 0.2) is 30.3 Å². The van der Waals surface area contributed by atoms with E-state index >= 15 is 0 Å². The molecule has 1 aliphatic rings. The quantitative estimate of drug-likeness (QED) is 0.624. The Balaban J connectivity index is 2.11. The molecule has 1 heterocycles. The summed E-state index contributed by atoms with van der Waals surface area (Å²) in [7, 11) is 0. The molecular formula is C11H14NO+. The van der Waals surface area contributed by atoms with Crippen molar-refractivity contribution in [2.24, 2.45) is 0 Å². The molecule has 68 valence electrons. The van der Waals surface area contributed by atoms with Crippen molar-refractivity contribution in [3.8, 4) is 0 Å². The predicted molar refractivity (Wildman–Crippen MR) is 51.9 cm³/mol. The fraction of sp³-hybridized carbons (Fsp3) is 0.364. The van der Waals surface area contributed by atoms with Gasteiger partial charge in [-0.1, -0.05) is 30.3 Å². The van der Waals surface area contributed by atoms with Crippen LogP contribution in [0.25, 0.3) is 0 Å². The van der Waals surface area contributed by atoms with Crippen molar-refractivity contribution in [3.63, 3.8) is 0 Å². The zero-order valence-corrected chi connectivity index (χ0v) is 7.86. The highest BCUT2D eigenvalue weighted by atomic mass is 16.5. The van der Waals surface area contributed by atoms with Crippen LogP contribution in [0.1, 0.15) is 12.5 Å². The normalized spacial score (nSPS) is 16.1. The van der Waals surface area contributed by atoms with Gasteiger partial charge in [0.15, 0.2) is 19.7 Å². The molecule has 0 atom stereocenters. The molecule has 2 heteroatoms. The molecule has 0 amide bonds. The summed E-state index contributed by atoms with van der Waals surface area (Å²) in [6.07, 6.45) is 0. The maximum absolute atomic E-state index is 5.38. The summed E-state index contributed by atoms with van der Waals surface area (Å²) in [5.74, 6) is 1.05. The SMILES string of the molecule is CC1=[N+](Cc2ccccc2)CCO1. The molecule has 0 saturated carbocycles. The number of hydrogen-bond acceptors (Lipinski definition) is 1. The lowest BCUT2D eigenvalue weighted by Gasteiger charge is -1.97. The summed E-state index contributed by atoms with van der Waals surface area (Å²) in [6, 6.07) is 10.5. The van der Waals surface area contributed by atoms with Gasteiger partial charge in [0.2, 0.25) is 0 Å². The van der Waals surface area contributed by atoms with Gasteiger partial charge in [-0.15, -0.1) is 0 Å². The minimum atomic E-state index is 0.832. The number of hydrogen-bond donors (Lipinski definition) is 0. The van der Waals surface area contributed by atoms with Gasteiger partial charge in [0, 0.05) is 5.56 Å². The number of benzene rings is 1. The van der Waals surface area contributed by atoms with Crippen LogP contribution >= 0.6 is 0 Å². The van der Waals surface area contributed by atoms with Gasteiger partial charge in [0.25, 0.3) is 0 Å². The first-order valence-electron chi connectivity index (χ1n) is 4.61. The van der Waals surface area contributed by atoms with Crippen LogP contribution in [0, 0.1) is 0 Å². The lowest BCUT2D eigenvalue weighted by Crippen LogP contribution is -2.13. The summed E-state index contributed by atoms with van der Waals surface area (Å²) in [5, 5.41) is 0. The average Bonchev–Trinajstić information content (AvgIpc) is 2.54. The standard InChI is InChI=1S/C11H14NO/c1-10-12(7-8-13-10)9-11-5-3-2-4-6-11/h2-6H,7-9H2,1H3/q+1. The smallest absolute Gasteiger partial charge is 0.333 e. The predicted octanol–water partition coefficient (Wildman–Crippen LogP) is 1.65.